The molecule has 94 valence electrons. The van der Waals surface area contributed by atoms with Gasteiger partial charge in [-0.25, -0.2) is 0 Å². The summed E-state index contributed by atoms with van der Waals surface area (Å²) in [5.41, 5.74) is -0.798. The number of hydrogen-bond acceptors (Lipinski definition) is 3. The highest BCUT2D eigenvalue weighted by Crippen LogP contribution is 2.36. The zero-order valence-electron chi connectivity index (χ0n) is 10.3. The number of rotatable bonds is 6. The lowest BCUT2D eigenvalue weighted by molar-refractivity contribution is -0.152. The van der Waals surface area contributed by atoms with Gasteiger partial charge in [-0.1, -0.05) is 6.92 Å². The fourth-order valence-corrected chi connectivity index (χ4v) is 2.14. The lowest BCUT2D eigenvalue weighted by atomic mass is 9.96. The van der Waals surface area contributed by atoms with Crippen molar-refractivity contribution in [1.29, 1.82) is 0 Å². The largest absolute Gasteiger partial charge is 0.480 e. The van der Waals surface area contributed by atoms with Crippen molar-refractivity contribution in [2.24, 2.45) is 0 Å². The maximum Gasteiger partial charge on any atom is 0.323 e. The first-order valence-electron chi connectivity index (χ1n) is 6.10. The van der Waals surface area contributed by atoms with Crippen LogP contribution in [0.15, 0.2) is 22.8 Å². The van der Waals surface area contributed by atoms with Gasteiger partial charge in [-0.2, -0.15) is 0 Å². The summed E-state index contributed by atoms with van der Waals surface area (Å²) in [4.78, 5) is 13.5. The van der Waals surface area contributed by atoms with Crippen molar-refractivity contribution < 1.29 is 14.3 Å². The van der Waals surface area contributed by atoms with Crippen LogP contribution in [0.4, 0.5) is 0 Å². The van der Waals surface area contributed by atoms with Gasteiger partial charge in [-0.3, -0.25) is 9.69 Å². The van der Waals surface area contributed by atoms with Crippen LogP contribution in [0.1, 0.15) is 38.9 Å². The average molecular weight is 237 g/mol. The van der Waals surface area contributed by atoms with Crippen LogP contribution in [0.25, 0.3) is 0 Å². The molecule has 0 aromatic carbocycles. The quantitative estimate of drug-likeness (QED) is 0.826. The molecule has 2 rings (SSSR count). The second-order valence-electron chi connectivity index (χ2n) is 4.87. The van der Waals surface area contributed by atoms with E-state index < -0.39 is 11.5 Å². The summed E-state index contributed by atoms with van der Waals surface area (Å²) in [6.45, 7) is 4.30. The Hall–Kier alpha value is -1.29. The second-order valence-corrected chi connectivity index (χ2v) is 4.87. The molecule has 1 heterocycles. The molecule has 1 atom stereocenters. The number of furan rings is 1. The molecule has 1 fully saturated rings. The van der Waals surface area contributed by atoms with Gasteiger partial charge in [0.05, 0.1) is 12.8 Å². The minimum atomic E-state index is -0.798. The van der Waals surface area contributed by atoms with Crippen molar-refractivity contribution in [2.45, 2.75) is 51.2 Å². The van der Waals surface area contributed by atoms with Crippen LogP contribution < -0.4 is 0 Å². The van der Waals surface area contributed by atoms with Crippen molar-refractivity contribution in [3.8, 4) is 0 Å². The Kier molecular flexibility index (Phi) is 3.24. The van der Waals surface area contributed by atoms with Gasteiger partial charge >= 0.3 is 5.97 Å². The van der Waals surface area contributed by atoms with E-state index >= 15 is 0 Å². The van der Waals surface area contributed by atoms with Crippen LogP contribution in [0.5, 0.6) is 0 Å². The molecule has 0 bridgehead atoms. The third-order valence-electron chi connectivity index (χ3n) is 3.68. The van der Waals surface area contributed by atoms with Crippen molar-refractivity contribution >= 4 is 5.97 Å². The normalized spacial score (nSPS) is 19.2. The molecule has 1 saturated carbocycles. The highest BCUT2D eigenvalue weighted by molar-refractivity contribution is 5.78. The topological polar surface area (TPSA) is 53.7 Å². The van der Waals surface area contributed by atoms with Crippen molar-refractivity contribution in [2.75, 3.05) is 0 Å². The van der Waals surface area contributed by atoms with Gasteiger partial charge in [0.25, 0.3) is 0 Å². The van der Waals surface area contributed by atoms with Crippen LogP contribution in [-0.2, 0) is 11.3 Å². The predicted molar refractivity (Wildman–Crippen MR) is 63.6 cm³/mol. The van der Waals surface area contributed by atoms with E-state index in [0.29, 0.717) is 19.0 Å². The fraction of sp³-hybridized carbons (Fsp3) is 0.615. The van der Waals surface area contributed by atoms with Crippen molar-refractivity contribution in [3.05, 3.63) is 24.2 Å². The molecule has 1 aromatic heterocycles. The summed E-state index contributed by atoms with van der Waals surface area (Å²) in [5, 5.41) is 9.44. The Morgan fingerprint density at radius 1 is 1.65 bits per heavy atom. The maximum atomic E-state index is 11.5. The Morgan fingerprint density at radius 2 is 2.35 bits per heavy atom. The van der Waals surface area contributed by atoms with Gasteiger partial charge in [0.1, 0.15) is 11.3 Å². The summed E-state index contributed by atoms with van der Waals surface area (Å²) in [6, 6.07) is 4.12. The van der Waals surface area contributed by atoms with Gasteiger partial charge in [-0.05, 0) is 38.3 Å². The standard InChI is InChI=1S/C13H19NO3/c1-3-13(2,12(15)16)14(10-6-7-10)9-11-5-4-8-17-11/h4-5,8,10H,3,6-7,9H2,1-2H3,(H,15,16). The number of carbonyl (C=O) groups is 1. The van der Waals surface area contributed by atoms with E-state index in [1.165, 1.54) is 0 Å². The molecule has 1 aliphatic rings. The Balaban J connectivity index is 2.19. The van der Waals surface area contributed by atoms with Crippen molar-refractivity contribution in [1.82, 2.24) is 4.90 Å². The predicted octanol–water partition coefficient (Wildman–Crippen LogP) is 2.50. The minimum absolute atomic E-state index is 0.390. The highest BCUT2D eigenvalue weighted by Gasteiger charge is 2.45. The first-order valence-corrected chi connectivity index (χ1v) is 6.10. The van der Waals surface area contributed by atoms with E-state index in [9.17, 15) is 9.90 Å². The van der Waals surface area contributed by atoms with E-state index in [1.807, 2.05) is 19.1 Å². The van der Waals surface area contributed by atoms with Crippen LogP contribution in [0, 0.1) is 0 Å². The number of nitrogens with zero attached hydrogens (tertiary/aromatic N) is 1. The van der Waals surface area contributed by atoms with Crippen LogP contribution >= 0.6 is 0 Å². The van der Waals surface area contributed by atoms with Gasteiger partial charge < -0.3 is 9.52 Å². The molecule has 0 radical (unpaired) electrons. The SMILES string of the molecule is CCC(C)(C(=O)O)N(Cc1ccco1)C1CC1. The van der Waals surface area contributed by atoms with Gasteiger partial charge in [-0.15, -0.1) is 0 Å². The minimum Gasteiger partial charge on any atom is -0.480 e. The molecule has 1 aromatic rings. The van der Waals surface area contributed by atoms with Gasteiger partial charge in [0.2, 0.25) is 0 Å². The number of carboxylic acid groups (broad SMARTS) is 1. The van der Waals surface area contributed by atoms with E-state index in [4.69, 9.17) is 4.42 Å². The molecule has 0 amide bonds. The zero-order chi connectivity index (χ0) is 12.5. The number of hydrogen-bond donors (Lipinski definition) is 1. The van der Waals surface area contributed by atoms with E-state index in [0.717, 1.165) is 18.6 Å². The molecular formula is C13H19NO3. The monoisotopic (exact) mass is 237 g/mol. The fourth-order valence-electron chi connectivity index (χ4n) is 2.14. The molecule has 4 heteroatoms. The Morgan fingerprint density at radius 3 is 2.76 bits per heavy atom. The van der Waals surface area contributed by atoms with Gasteiger partial charge in [0, 0.05) is 6.04 Å². The van der Waals surface area contributed by atoms with E-state index in [2.05, 4.69) is 4.90 Å². The summed E-state index contributed by atoms with van der Waals surface area (Å²) in [5.74, 6) is 0.0799. The molecular weight excluding hydrogens is 218 g/mol. The molecule has 0 aliphatic heterocycles. The number of carboxylic acids is 1. The van der Waals surface area contributed by atoms with E-state index in [1.54, 1.807) is 13.2 Å². The highest BCUT2D eigenvalue weighted by atomic mass is 16.4. The van der Waals surface area contributed by atoms with E-state index in [-0.39, 0.29) is 0 Å². The average Bonchev–Trinajstić information content (AvgIpc) is 3.02. The summed E-state index contributed by atoms with van der Waals surface area (Å²) >= 11 is 0. The molecule has 1 unspecified atom stereocenters. The van der Waals surface area contributed by atoms with Crippen molar-refractivity contribution in [3.63, 3.8) is 0 Å². The zero-order valence-corrected chi connectivity index (χ0v) is 10.3. The van der Waals surface area contributed by atoms with Crippen LogP contribution in [0.3, 0.4) is 0 Å². The second kappa shape index (κ2) is 4.53. The first-order chi connectivity index (χ1) is 8.08. The summed E-state index contributed by atoms with van der Waals surface area (Å²) in [7, 11) is 0. The molecule has 0 spiro atoms. The number of aliphatic carboxylic acids is 1. The van der Waals surface area contributed by atoms with Gasteiger partial charge in [0.15, 0.2) is 0 Å². The third-order valence-corrected chi connectivity index (χ3v) is 3.68. The Bertz CT molecular complexity index is 383. The molecule has 4 nitrogen and oxygen atoms in total. The first kappa shape index (κ1) is 12.2. The van der Waals surface area contributed by atoms with Crippen LogP contribution in [-0.4, -0.2) is 27.6 Å². The smallest absolute Gasteiger partial charge is 0.323 e. The molecule has 1 aliphatic carbocycles. The third kappa shape index (κ3) is 2.36. The lowest BCUT2D eigenvalue weighted by Crippen LogP contribution is -2.52. The molecule has 1 N–H and O–H groups in total. The lowest BCUT2D eigenvalue weighted by Gasteiger charge is -2.37. The Labute approximate surface area is 101 Å². The maximum absolute atomic E-state index is 11.5. The van der Waals surface area contributed by atoms with Crippen LogP contribution in [0.2, 0.25) is 0 Å². The molecule has 0 saturated heterocycles. The summed E-state index contributed by atoms with van der Waals surface area (Å²) < 4.78 is 5.33. The summed E-state index contributed by atoms with van der Waals surface area (Å²) in [6.07, 6.45) is 4.40. The molecule has 17 heavy (non-hydrogen) atoms.